The summed E-state index contributed by atoms with van der Waals surface area (Å²) in [6.07, 6.45) is 6.00. The smallest absolute Gasteiger partial charge is 0.410 e. The number of ether oxygens (including phenoxy) is 3. The number of aryl methyl sites for hydroxylation is 1. The lowest BCUT2D eigenvalue weighted by atomic mass is 9.50. The maximum atomic E-state index is 13.9. The number of fused-ring (bicyclic) bond motifs is 3. The summed E-state index contributed by atoms with van der Waals surface area (Å²) in [6, 6.07) is 4.74. The first kappa shape index (κ1) is 37.1. The summed E-state index contributed by atoms with van der Waals surface area (Å²) >= 11 is 0. The third kappa shape index (κ3) is 5.19. The molecule has 1 aromatic rings. The summed E-state index contributed by atoms with van der Waals surface area (Å²) in [5.41, 5.74) is 4.49. The molecule has 1 spiro atoms. The molecule has 0 aromatic heterocycles. The molecule has 3 heterocycles. The number of rotatable bonds is 4. The van der Waals surface area contributed by atoms with Crippen LogP contribution in [0.2, 0.25) is 36.3 Å². The Bertz CT molecular complexity index is 1610. The van der Waals surface area contributed by atoms with E-state index in [9.17, 15) is 4.79 Å². The first-order valence-electron chi connectivity index (χ1n) is 18.8. The van der Waals surface area contributed by atoms with Crippen molar-refractivity contribution in [3.63, 3.8) is 0 Å². The van der Waals surface area contributed by atoms with E-state index in [0.29, 0.717) is 19.7 Å². The molecule has 6 nitrogen and oxygen atoms in total. The molecular weight excluding hydrogens is 643 g/mol. The fourth-order valence-electron chi connectivity index (χ4n) is 9.77. The topological polar surface area (TPSA) is 57.2 Å². The van der Waals surface area contributed by atoms with Crippen molar-refractivity contribution in [1.82, 2.24) is 4.90 Å². The average Bonchev–Trinajstić information content (AvgIpc) is 3.55. The van der Waals surface area contributed by atoms with Crippen LogP contribution in [0.15, 0.2) is 35.4 Å². The zero-order valence-electron chi connectivity index (χ0n) is 33.6. The second kappa shape index (κ2) is 11.1. The number of amides is 1. The average molecular weight is 708 g/mol. The minimum atomic E-state index is -2.11. The Hall–Kier alpha value is -1.72. The Morgan fingerprint density at radius 2 is 1.67 bits per heavy atom. The van der Waals surface area contributed by atoms with E-state index < -0.39 is 38.6 Å². The van der Waals surface area contributed by atoms with Gasteiger partial charge in [-0.15, -0.1) is 0 Å². The third-order valence-corrected chi connectivity index (χ3v) is 24.1. The van der Waals surface area contributed by atoms with E-state index in [1.54, 1.807) is 5.19 Å². The maximum Gasteiger partial charge on any atom is 0.410 e. The first-order chi connectivity index (χ1) is 22.3. The summed E-state index contributed by atoms with van der Waals surface area (Å²) in [5, 5.41) is 1.84. The molecule has 1 saturated heterocycles. The molecule has 5 aliphatic rings. The molecule has 2 bridgehead atoms. The molecule has 8 heteroatoms. The first-order valence-corrected chi connectivity index (χ1v) is 24.7. The Morgan fingerprint density at radius 1 is 1.02 bits per heavy atom. The van der Waals surface area contributed by atoms with Crippen LogP contribution in [-0.2, 0) is 24.2 Å². The highest BCUT2D eigenvalue weighted by molar-refractivity contribution is 6.92. The van der Waals surface area contributed by atoms with Crippen LogP contribution in [0.25, 0.3) is 0 Å². The number of nitrogens with zero attached hydrogens (tertiary/aromatic N) is 1. The van der Waals surface area contributed by atoms with Gasteiger partial charge >= 0.3 is 6.09 Å². The van der Waals surface area contributed by atoms with Crippen LogP contribution in [0, 0.1) is 18.3 Å². The van der Waals surface area contributed by atoms with Gasteiger partial charge in [0.2, 0.25) is 0 Å². The van der Waals surface area contributed by atoms with E-state index in [-0.39, 0.29) is 34.3 Å². The fraction of sp³-hybridized carbons (Fsp3) is 0.732. The van der Waals surface area contributed by atoms with Gasteiger partial charge in [0.1, 0.15) is 22.9 Å². The second-order valence-electron chi connectivity index (χ2n) is 20.1. The van der Waals surface area contributed by atoms with E-state index in [2.05, 4.69) is 113 Å². The summed E-state index contributed by atoms with van der Waals surface area (Å²) in [4.78, 5) is 15.8. The van der Waals surface area contributed by atoms with Crippen LogP contribution in [0.4, 0.5) is 4.79 Å². The summed E-state index contributed by atoms with van der Waals surface area (Å²) in [6.45, 7) is 38.1. The van der Waals surface area contributed by atoms with Crippen LogP contribution < -0.4 is 5.19 Å². The van der Waals surface area contributed by atoms with Crippen molar-refractivity contribution < 1.29 is 23.4 Å². The van der Waals surface area contributed by atoms with Crippen molar-refractivity contribution in [2.75, 3.05) is 19.7 Å². The fourth-order valence-corrected chi connectivity index (χ4v) is 13.9. The number of carbonyl (C=O) groups is 1. The zero-order chi connectivity index (χ0) is 36.5. The molecule has 1 saturated carbocycles. The van der Waals surface area contributed by atoms with Crippen molar-refractivity contribution in [2.45, 2.75) is 161 Å². The van der Waals surface area contributed by atoms with Crippen molar-refractivity contribution in [1.29, 1.82) is 0 Å². The van der Waals surface area contributed by atoms with Gasteiger partial charge < -0.3 is 23.5 Å². The van der Waals surface area contributed by atoms with Gasteiger partial charge in [-0.25, -0.2) is 4.79 Å². The Balaban J connectivity index is 1.52. The van der Waals surface area contributed by atoms with Gasteiger partial charge in [-0.05, 0) is 110 Å². The summed E-state index contributed by atoms with van der Waals surface area (Å²) in [5.74, 6) is 0.150. The van der Waals surface area contributed by atoms with E-state index in [1.165, 1.54) is 27.8 Å². The van der Waals surface area contributed by atoms with Crippen molar-refractivity contribution in [3.05, 3.63) is 52.1 Å². The third-order valence-electron chi connectivity index (χ3n) is 13.9. The van der Waals surface area contributed by atoms with Crippen molar-refractivity contribution >= 4 is 27.7 Å². The molecular formula is C41H65NO5Si2. The quantitative estimate of drug-likeness (QED) is 0.231. The SMILES string of the molecule is Cc1ccc2c(c1[Si](C)(C)C(C)(C)C)[C@H]1C=C3[C@@]45CC=C([C@@H](C)O[Si](C)(C)C(C)(C)C)[C@]4(C[C@@H](C)[C@]32O1)CN(C(=O)OC(C)(C)C)CCO5. The van der Waals surface area contributed by atoms with Gasteiger partial charge in [0.05, 0.1) is 20.8 Å². The lowest BCUT2D eigenvalue weighted by Gasteiger charge is -2.59. The highest BCUT2D eigenvalue weighted by atomic mass is 28.4. The molecule has 49 heavy (non-hydrogen) atoms. The standard InChI is InChI=1S/C41H65NO5Si2/c1-26-17-18-30-33(34(26)48(13,14)37(7,8)9)31-23-32-40-20-19-29(28(3)47-49(15,16)38(10,11)12)39(40,24-27(2)41(30,32)45-31)25-42(21-22-44-40)35(43)46-36(4,5)6/h17-19,23,27-28,31H,20-22,24-25H2,1-16H3/t27-,28-,31-,39+,40+,41-/m1/s1. The molecule has 3 aliphatic heterocycles. The van der Waals surface area contributed by atoms with Crippen molar-refractivity contribution in [2.24, 2.45) is 11.3 Å². The van der Waals surface area contributed by atoms with Crippen LogP contribution in [-0.4, -0.2) is 64.4 Å². The Labute approximate surface area is 299 Å². The Morgan fingerprint density at radius 3 is 2.27 bits per heavy atom. The molecule has 1 amide bonds. The van der Waals surface area contributed by atoms with E-state index >= 15 is 0 Å². The zero-order valence-corrected chi connectivity index (χ0v) is 35.6. The molecule has 2 aliphatic carbocycles. The Kier molecular flexibility index (Phi) is 8.43. The molecule has 272 valence electrons. The molecule has 0 N–H and O–H groups in total. The van der Waals surface area contributed by atoms with Gasteiger partial charge in [-0.3, -0.25) is 0 Å². The lowest BCUT2D eigenvalue weighted by molar-refractivity contribution is -0.159. The van der Waals surface area contributed by atoms with E-state index in [0.717, 1.165) is 12.8 Å². The number of hydrogen-bond acceptors (Lipinski definition) is 5. The van der Waals surface area contributed by atoms with Gasteiger partial charge in [0.25, 0.3) is 0 Å². The highest BCUT2D eigenvalue weighted by Gasteiger charge is 2.74. The predicted octanol–water partition coefficient (Wildman–Crippen LogP) is 9.69. The molecule has 6 atom stereocenters. The highest BCUT2D eigenvalue weighted by Crippen LogP contribution is 2.73. The summed E-state index contributed by atoms with van der Waals surface area (Å²) < 4.78 is 27.9. The monoisotopic (exact) mass is 707 g/mol. The van der Waals surface area contributed by atoms with Crippen LogP contribution in [0.3, 0.4) is 0 Å². The van der Waals surface area contributed by atoms with Crippen LogP contribution >= 0.6 is 0 Å². The van der Waals surface area contributed by atoms with Crippen molar-refractivity contribution in [3.8, 4) is 0 Å². The minimum absolute atomic E-state index is 0.0757. The van der Waals surface area contributed by atoms with Gasteiger partial charge in [-0.2, -0.15) is 0 Å². The number of hydrogen-bond donors (Lipinski definition) is 0. The molecule has 1 aromatic carbocycles. The van der Waals surface area contributed by atoms with Gasteiger partial charge in [-0.1, -0.05) is 85.3 Å². The normalized spacial score (nSPS) is 32.0. The molecule has 2 fully saturated rings. The maximum absolute atomic E-state index is 13.9. The lowest BCUT2D eigenvalue weighted by Crippen LogP contribution is -2.64. The van der Waals surface area contributed by atoms with Gasteiger partial charge in [0.15, 0.2) is 8.32 Å². The second-order valence-corrected chi connectivity index (χ2v) is 30.1. The molecule has 0 radical (unpaired) electrons. The molecule has 6 rings (SSSR count). The van der Waals surface area contributed by atoms with E-state index in [4.69, 9.17) is 18.6 Å². The van der Waals surface area contributed by atoms with Crippen LogP contribution in [0.5, 0.6) is 0 Å². The van der Waals surface area contributed by atoms with Crippen LogP contribution in [0.1, 0.15) is 112 Å². The number of carbonyl (C=O) groups excluding carboxylic acids is 1. The largest absolute Gasteiger partial charge is 0.444 e. The predicted molar refractivity (Wildman–Crippen MR) is 205 cm³/mol. The molecule has 0 unspecified atom stereocenters. The summed E-state index contributed by atoms with van der Waals surface area (Å²) in [7, 11) is -4.01. The minimum Gasteiger partial charge on any atom is -0.444 e. The van der Waals surface area contributed by atoms with E-state index in [1.807, 2.05) is 25.7 Å². The number of benzene rings is 1. The van der Waals surface area contributed by atoms with Gasteiger partial charge in [0, 0.05) is 18.5 Å².